The van der Waals surface area contributed by atoms with Gasteiger partial charge in [0.05, 0.1) is 6.10 Å². The number of aliphatic hydroxyl groups excluding tert-OH is 1. The van der Waals surface area contributed by atoms with Crippen molar-refractivity contribution in [3.63, 3.8) is 0 Å². The molecule has 0 amide bonds. The van der Waals surface area contributed by atoms with Gasteiger partial charge in [-0.05, 0) is 61.8 Å². The highest BCUT2D eigenvalue weighted by Crippen LogP contribution is 2.33. The highest BCUT2D eigenvalue weighted by atomic mass is 16.3. The van der Waals surface area contributed by atoms with Crippen LogP contribution >= 0.6 is 0 Å². The second-order valence-electron chi connectivity index (χ2n) is 6.95. The second kappa shape index (κ2) is 7.82. The monoisotopic (exact) mass is 325 g/mol. The Kier molecular flexibility index (Phi) is 5.54. The molecule has 3 rings (SSSR count). The van der Waals surface area contributed by atoms with Gasteiger partial charge in [0.2, 0.25) is 0 Å². The van der Waals surface area contributed by atoms with Crippen LogP contribution in [0.25, 0.3) is 0 Å². The van der Waals surface area contributed by atoms with Gasteiger partial charge < -0.3 is 15.5 Å². The van der Waals surface area contributed by atoms with Crippen molar-refractivity contribution in [1.29, 1.82) is 0 Å². The normalized spacial score (nSPS) is 23.6. The average Bonchev–Trinajstić information content (AvgIpc) is 2.63. The fourth-order valence-electron chi connectivity index (χ4n) is 3.74. The number of phenolic OH excluding ortho intramolecular Hbond substituents is 1. The van der Waals surface area contributed by atoms with Gasteiger partial charge in [-0.1, -0.05) is 42.5 Å². The van der Waals surface area contributed by atoms with Crippen LogP contribution in [0.1, 0.15) is 55.8 Å². The molecule has 1 aliphatic carbocycles. The number of hydrogen-bond acceptors (Lipinski definition) is 3. The lowest BCUT2D eigenvalue weighted by Crippen LogP contribution is -2.41. The van der Waals surface area contributed by atoms with Crippen molar-refractivity contribution < 1.29 is 10.2 Å². The quantitative estimate of drug-likeness (QED) is 0.775. The van der Waals surface area contributed by atoms with Crippen molar-refractivity contribution in [2.45, 2.75) is 56.7 Å². The van der Waals surface area contributed by atoms with Crippen LogP contribution < -0.4 is 5.32 Å². The van der Waals surface area contributed by atoms with E-state index in [0.29, 0.717) is 12.0 Å². The van der Waals surface area contributed by atoms with Crippen molar-refractivity contribution in [3.05, 3.63) is 65.7 Å². The summed E-state index contributed by atoms with van der Waals surface area (Å²) in [6, 6.07) is 18.0. The Labute approximate surface area is 144 Å². The molecule has 2 aromatic carbocycles. The van der Waals surface area contributed by atoms with Crippen molar-refractivity contribution in [3.8, 4) is 5.75 Å². The molecule has 0 heterocycles. The minimum atomic E-state index is -0.558. The van der Waals surface area contributed by atoms with Gasteiger partial charge in [-0.25, -0.2) is 0 Å². The Morgan fingerprint density at radius 1 is 0.917 bits per heavy atom. The summed E-state index contributed by atoms with van der Waals surface area (Å²) in [7, 11) is 0. The van der Waals surface area contributed by atoms with Crippen molar-refractivity contribution in [2.75, 3.05) is 0 Å². The first-order valence-corrected chi connectivity index (χ1v) is 8.91. The van der Waals surface area contributed by atoms with Gasteiger partial charge in [0.1, 0.15) is 5.75 Å². The smallest absolute Gasteiger partial charge is 0.115 e. The molecule has 0 radical (unpaired) electrons. The zero-order valence-electron chi connectivity index (χ0n) is 14.2. The molecule has 0 spiro atoms. The number of nitrogens with one attached hydrogen (secondary N) is 1. The molecule has 1 fully saturated rings. The Balaban J connectivity index is 1.51. The van der Waals surface area contributed by atoms with E-state index in [1.54, 1.807) is 24.3 Å². The molecule has 2 aromatic rings. The van der Waals surface area contributed by atoms with Crippen LogP contribution in [0.2, 0.25) is 0 Å². The van der Waals surface area contributed by atoms with Gasteiger partial charge in [0.25, 0.3) is 0 Å². The molecule has 0 bridgehead atoms. The first-order chi connectivity index (χ1) is 11.6. The molecule has 3 N–H and O–H groups in total. The Bertz CT molecular complexity index is 618. The Morgan fingerprint density at radius 2 is 1.54 bits per heavy atom. The fourth-order valence-corrected chi connectivity index (χ4v) is 3.74. The molecule has 2 atom stereocenters. The van der Waals surface area contributed by atoms with Crippen LogP contribution in [0.3, 0.4) is 0 Å². The molecular formula is C21H27NO2. The van der Waals surface area contributed by atoms with E-state index in [-0.39, 0.29) is 11.8 Å². The third-order valence-corrected chi connectivity index (χ3v) is 5.20. The molecule has 0 aliphatic heterocycles. The molecule has 1 saturated carbocycles. The summed E-state index contributed by atoms with van der Waals surface area (Å²) in [5.41, 5.74) is 2.29. The molecule has 128 valence electrons. The first-order valence-electron chi connectivity index (χ1n) is 8.91. The number of rotatable bonds is 5. The molecular weight excluding hydrogens is 298 g/mol. The summed E-state index contributed by atoms with van der Waals surface area (Å²) in [6.07, 6.45) is 4.13. The number of aliphatic hydroxyl groups is 1. The number of benzene rings is 2. The molecule has 3 heteroatoms. The van der Waals surface area contributed by atoms with Gasteiger partial charge in [-0.15, -0.1) is 0 Å². The van der Waals surface area contributed by atoms with Gasteiger partial charge in [0, 0.05) is 12.1 Å². The summed E-state index contributed by atoms with van der Waals surface area (Å²) in [6.45, 7) is 2.03. The van der Waals surface area contributed by atoms with Crippen LogP contribution in [0, 0.1) is 0 Å². The third kappa shape index (κ3) is 4.16. The number of phenols is 1. The molecule has 0 unspecified atom stereocenters. The Hall–Kier alpha value is -1.84. The summed E-state index contributed by atoms with van der Waals surface area (Å²) in [5.74, 6) is 0.896. The van der Waals surface area contributed by atoms with Gasteiger partial charge in [0.15, 0.2) is 0 Å². The molecule has 0 aromatic heterocycles. The van der Waals surface area contributed by atoms with Crippen LogP contribution in [-0.2, 0) is 0 Å². The van der Waals surface area contributed by atoms with E-state index in [4.69, 9.17) is 0 Å². The SMILES string of the molecule is C[C@H](N[C@H]1CC[C@@H](c2ccccc2)CC1)[C@@H](O)c1ccc(O)cc1. The van der Waals surface area contributed by atoms with E-state index in [1.165, 1.54) is 18.4 Å². The van der Waals surface area contributed by atoms with Crippen LogP contribution in [0.15, 0.2) is 54.6 Å². The second-order valence-corrected chi connectivity index (χ2v) is 6.95. The predicted octanol–water partition coefficient (Wildman–Crippen LogP) is 4.13. The first kappa shape index (κ1) is 17.0. The van der Waals surface area contributed by atoms with Gasteiger partial charge >= 0.3 is 0 Å². The minimum Gasteiger partial charge on any atom is -0.508 e. The lowest BCUT2D eigenvalue weighted by molar-refractivity contribution is 0.124. The Morgan fingerprint density at radius 3 is 2.17 bits per heavy atom. The molecule has 0 saturated heterocycles. The van der Waals surface area contributed by atoms with E-state index in [2.05, 4.69) is 35.6 Å². The van der Waals surface area contributed by atoms with E-state index in [0.717, 1.165) is 18.4 Å². The highest BCUT2D eigenvalue weighted by molar-refractivity contribution is 5.28. The third-order valence-electron chi connectivity index (χ3n) is 5.20. The summed E-state index contributed by atoms with van der Waals surface area (Å²) < 4.78 is 0. The van der Waals surface area contributed by atoms with E-state index in [9.17, 15) is 10.2 Å². The van der Waals surface area contributed by atoms with E-state index < -0.39 is 6.10 Å². The molecule has 1 aliphatic rings. The fraction of sp³-hybridized carbons (Fsp3) is 0.429. The van der Waals surface area contributed by atoms with Crippen LogP contribution in [-0.4, -0.2) is 22.3 Å². The molecule has 24 heavy (non-hydrogen) atoms. The largest absolute Gasteiger partial charge is 0.508 e. The van der Waals surface area contributed by atoms with E-state index in [1.807, 2.05) is 6.92 Å². The zero-order chi connectivity index (χ0) is 16.9. The lowest BCUT2D eigenvalue weighted by atomic mass is 9.81. The van der Waals surface area contributed by atoms with Crippen molar-refractivity contribution in [2.24, 2.45) is 0 Å². The predicted molar refractivity (Wildman–Crippen MR) is 97.1 cm³/mol. The number of hydrogen-bond donors (Lipinski definition) is 3. The summed E-state index contributed by atoms with van der Waals surface area (Å²) >= 11 is 0. The van der Waals surface area contributed by atoms with Gasteiger partial charge in [-0.3, -0.25) is 0 Å². The highest BCUT2D eigenvalue weighted by Gasteiger charge is 2.25. The van der Waals surface area contributed by atoms with Crippen molar-refractivity contribution >= 4 is 0 Å². The maximum Gasteiger partial charge on any atom is 0.115 e. The zero-order valence-corrected chi connectivity index (χ0v) is 14.2. The maximum atomic E-state index is 10.5. The maximum absolute atomic E-state index is 10.5. The summed E-state index contributed by atoms with van der Waals surface area (Å²) in [5, 5.41) is 23.4. The lowest BCUT2D eigenvalue weighted by Gasteiger charge is -2.33. The van der Waals surface area contributed by atoms with Crippen molar-refractivity contribution in [1.82, 2.24) is 5.32 Å². The average molecular weight is 325 g/mol. The van der Waals surface area contributed by atoms with Crippen LogP contribution in [0.5, 0.6) is 5.75 Å². The van der Waals surface area contributed by atoms with Gasteiger partial charge in [-0.2, -0.15) is 0 Å². The van der Waals surface area contributed by atoms with E-state index >= 15 is 0 Å². The number of aromatic hydroxyl groups is 1. The van der Waals surface area contributed by atoms with Crippen LogP contribution in [0.4, 0.5) is 0 Å². The minimum absolute atomic E-state index is 0.00665. The topological polar surface area (TPSA) is 52.5 Å². The standard InChI is InChI=1S/C21H27NO2/c1-15(21(24)18-9-13-20(23)14-10-18)22-19-11-7-17(8-12-19)16-5-3-2-4-6-16/h2-6,9-10,13-15,17,19,21-24H,7-8,11-12H2,1H3/t15-,17-,19+,21+/m0/s1. The molecule has 3 nitrogen and oxygen atoms in total. The summed E-state index contributed by atoms with van der Waals surface area (Å²) in [4.78, 5) is 0.